The Kier molecular flexibility index (Phi) is 82.8. The Hall–Kier alpha value is -2.55. The second-order valence-electron chi connectivity index (χ2n) is 26.8. The van der Waals surface area contributed by atoms with Crippen LogP contribution in [-0.4, -0.2) is 133 Å². The van der Waals surface area contributed by atoms with Gasteiger partial charge in [0.2, 0.25) is 0 Å². The van der Waals surface area contributed by atoms with Gasteiger partial charge in [-0.3, -0.25) is 24.0 Å². The van der Waals surface area contributed by atoms with Gasteiger partial charge in [0.05, 0.1) is 0 Å². The number of hydrogen-bond acceptors (Lipinski definition) is 13. The number of esters is 4. The van der Waals surface area contributed by atoms with Gasteiger partial charge in [-0.2, -0.15) is 12.6 Å². The lowest BCUT2D eigenvalue weighted by Crippen LogP contribution is -2.31. The summed E-state index contributed by atoms with van der Waals surface area (Å²) >= 11 is 5.50. The fourth-order valence-corrected chi connectivity index (χ4v) is 12.5. The number of allylic oxidation sites excluding steroid dienone is 2. The summed E-state index contributed by atoms with van der Waals surface area (Å²) in [4.78, 5) is 69.4. The van der Waals surface area contributed by atoms with Crippen molar-refractivity contribution in [3.05, 3.63) is 24.3 Å². The smallest absolute Gasteiger partial charge is 0.306 e. The molecular weight excluding hydrogens is 1240 g/mol. The summed E-state index contributed by atoms with van der Waals surface area (Å²) in [6.07, 6.45) is 61.4. The van der Waals surface area contributed by atoms with E-state index in [4.69, 9.17) is 18.9 Å². The number of ether oxygens (including phenoxy) is 4. The van der Waals surface area contributed by atoms with Gasteiger partial charge in [-0.15, -0.1) is 0 Å². The number of unbranched alkanes of at least 4 members (excludes halogenated alkanes) is 30. The molecule has 0 radical (unpaired) electrons. The van der Waals surface area contributed by atoms with Gasteiger partial charge >= 0.3 is 23.9 Å². The Bertz CT molecular complexity index is 1710. The highest BCUT2D eigenvalue weighted by Gasteiger charge is 2.19. The monoisotopic (exact) mass is 1390 g/mol. The summed E-state index contributed by atoms with van der Waals surface area (Å²) in [5.74, 6) is 1.28. The van der Waals surface area contributed by atoms with Crippen LogP contribution in [0.3, 0.4) is 0 Å². The molecule has 2 unspecified atom stereocenters. The number of rotatable bonds is 69. The highest BCUT2D eigenvalue weighted by molar-refractivity contribution is 8.13. The van der Waals surface area contributed by atoms with Gasteiger partial charge in [0, 0.05) is 44.5 Å². The van der Waals surface area contributed by atoms with Crippen molar-refractivity contribution in [2.75, 3.05) is 77.1 Å². The van der Waals surface area contributed by atoms with E-state index < -0.39 is 0 Å². The first-order valence-corrected chi connectivity index (χ1v) is 42.5. The largest absolute Gasteiger partial charge is 0.462 e. The predicted octanol–water partition coefficient (Wildman–Crippen LogP) is 24.0. The Balaban J connectivity index is -0.00000163. The molecule has 96 heavy (non-hydrogen) atoms. The van der Waals surface area contributed by atoms with Crippen molar-refractivity contribution < 1.29 is 42.9 Å². The summed E-state index contributed by atoms with van der Waals surface area (Å²) in [5.41, 5.74) is 0. The molecule has 0 saturated carbocycles. The molecular formula is C82H159N3O9S2. The molecule has 0 aromatic heterocycles. The lowest BCUT2D eigenvalue weighted by molar-refractivity contribution is -0.151. The SMILES string of the molecule is CCCCCC/C=C\COC(=O)CCCCCCCC(=O)OC(CCCCCCC)CCCCCCCC.CCCCCC/C=C\COC(=O)CCCN(CCCC(=O)OC(CCCCCCC)CCCCCCCC)C(=O)SCCCN(CC)CC.CCN(CC)CCCS. The van der Waals surface area contributed by atoms with E-state index in [9.17, 15) is 24.0 Å². The van der Waals surface area contributed by atoms with E-state index in [1.54, 1.807) is 0 Å². The van der Waals surface area contributed by atoms with Gasteiger partial charge < -0.3 is 33.6 Å². The fourth-order valence-electron chi connectivity index (χ4n) is 11.6. The quantitative estimate of drug-likeness (QED) is 0.0204. The first-order chi connectivity index (χ1) is 46.9. The number of amides is 1. The van der Waals surface area contributed by atoms with Crippen LogP contribution in [0.2, 0.25) is 0 Å². The summed E-state index contributed by atoms with van der Waals surface area (Å²) in [5, 5.41) is 0.0281. The van der Waals surface area contributed by atoms with Crippen LogP contribution in [0.5, 0.6) is 0 Å². The Morgan fingerprint density at radius 2 is 0.635 bits per heavy atom. The summed E-state index contributed by atoms with van der Waals surface area (Å²) in [6.45, 7) is 30.3. The maximum Gasteiger partial charge on any atom is 0.306 e. The van der Waals surface area contributed by atoms with Crippen LogP contribution in [0.25, 0.3) is 0 Å². The van der Waals surface area contributed by atoms with Crippen molar-refractivity contribution in [3.63, 3.8) is 0 Å². The molecule has 1 amide bonds. The molecule has 0 aliphatic carbocycles. The zero-order valence-corrected chi connectivity index (χ0v) is 66.7. The molecule has 0 bridgehead atoms. The first kappa shape index (κ1) is 97.6. The van der Waals surface area contributed by atoms with E-state index in [2.05, 4.69) is 104 Å². The average Bonchev–Trinajstić information content (AvgIpc) is 1.66. The van der Waals surface area contributed by atoms with Gasteiger partial charge in [-0.25, -0.2) is 0 Å². The third-order valence-electron chi connectivity index (χ3n) is 18.0. The van der Waals surface area contributed by atoms with Crippen molar-refractivity contribution in [3.8, 4) is 0 Å². The van der Waals surface area contributed by atoms with Crippen LogP contribution in [0.15, 0.2) is 24.3 Å². The van der Waals surface area contributed by atoms with E-state index in [0.717, 1.165) is 121 Å². The molecule has 0 fully saturated rings. The molecule has 0 heterocycles. The molecule has 2 atom stereocenters. The van der Waals surface area contributed by atoms with Gasteiger partial charge in [0.1, 0.15) is 25.4 Å². The molecule has 12 nitrogen and oxygen atoms in total. The van der Waals surface area contributed by atoms with Gasteiger partial charge in [0.15, 0.2) is 0 Å². The lowest BCUT2D eigenvalue weighted by atomic mass is 10.0. The maximum absolute atomic E-state index is 13.2. The Labute approximate surface area is 605 Å². The fraction of sp³-hybridized carbons (Fsp3) is 0.890. The van der Waals surface area contributed by atoms with Crippen molar-refractivity contribution in [1.29, 1.82) is 0 Å². The highest BCUT2D eigenvalue weighted by atomic mass is 32.2. The molecule has 0 aromatic rings. The Morgan fingerprint density at radius 3 is 0.990 bits per heavy atom. The van der Waals surface area contributed by atoms with Crippen molar-refractivity contribution in [2.24, 2.45) is 0 Å². The molecule has 0 aromatic carbocycles. The lowest BCUT2D eigenvalue weighted by Gasteiger charge is -2.23. The minimum Gasteiger partial charge on any atom is -0.462 e. The normalized spacial score (nSPS) is 12.0. The van der Waals surface area contributed by atoms with E-state index in [1.807, 2.05) is 17.1 Å². The summed E-state index contributed by atoms with van der Waals surface area (Å²) in [7, 11) is 0. The molecule has 0 N–H and O–H groups in total. The van der Waals surface area contributed by atoms with Crippen LogP contribution < -0.4 is 0 Å². The maximum atomic E-state index is 13.2. The van der Waals surface area contributed by atoms with Crippen LogP contribution in [0, 0.1) is 0 Å². The molecule has 0 rings (SSSR count). The van der Waals surface area contributed by atoms with E-state index in [-0.39, 0.29) is 47.7 Å². The average molecular weight is 1400 g/mol. The van der Waals surface area contributed by atoms with Crippen molar-refractivity contribution in [2.45, 2.75) is 396 Å². The molecule has 0 aliphatic heterocycles. The second-order valence-corrected chi connectivity index (χ2v) is 28.3. The number of thioether (sulfide) groups is 1. The number of thiol groups is 1. The van der Waals surface area contributed by atoms with Gasteiger partial charge in [-0.1, -0.05) is 279 Å². The predicted molar refractivity (Wildman–Crippen MR) is 419 cm³/mol. The number of carbonyl (C=O) groups excluding carboxylic acids is 5. The summed E-state index contributed by atoms with van der Waals surface area (Å²) in [6, 6.07) is 0. The van der Waals surface area contributed by atoms with Gasteiger partial charge in [0.25, 0.3) is 5.24 Å². The van der Waals surface area contributed by atoms with Gasteiger partial charge in [-0.05, 0) is 161 Å². The van der Waals surface area contributed by atoms with E-state index in [1.165, 1.54) is 218 Å². The molecule has 0 spiro atoms. The molecule has 14 heteroatoms. The minimum absolute atomic E-state index is 0.00122. The van der Waals surface area contributed by atoms with E-state index >= 15 is 0 Å². The van der Waals surface area contributed by atoms with Crippen LogP contribution >= 0.6 is 24.4 Å². The second kappa shape index (κ2) is 81.4. The zero-order valence-electron chi connectivity index (χ0n) is 65.0. The summed E-state index contributed by atoms with van der Waals surface area (Å²) < 4.78 is 22.6. The number of carbonyl (C=O) groups is 5. The topological polar surface area (TPSA) is 132 Å². The Morgan fingerprint density at radius 1 is 0.333 bits per heavy atom. The third-order valence-corrected chi connectivity index (χ3v) is 19.3. The van der Waals surface area contributed by atoms with Crippen LogP contribution in [0.1, 0.15) is 384 Å². The zero-order chi connectivity index (χ0) is 71.3. The van der Waals surface area contributed by atoms with E-state index in [0.29, 0.717) is 58.4 Å². The first-order valence-electron chi connectivity index (χ1n) is 40.9. The minimum atomic E-state index is -0.232. The number of nitrogens with zero attached hydrogens (tertiary/aromatic N) is 3. The molecule has 0 aliphatic rings. The molecule has 568 valence electrons. The third kappa shape index (κ3) is 74.1. The highest BCUT2D eigenvalue weighted by Crippen LogP contribution is 2.21. The van der Waals surface area contributed by atoms with Crippen molar-refractivity contribution in [1.82, 2.24) is 14.7 Å². The van der Waals surface area contributed by atoms with Crippen LogP contribution in [0.4, 0.5) is 4.79 Å². The standard InChI is InChI=1S/C41H78N2O5S.C34H64O4.C7H17NS/c1-6-11-14-17-19-22-25-36-47-39(44)31-26-34-43(41(46)49-37-28-33-42(9-4)10-5)35-27-32-40(45)48-38(29-23-20-16-13-8-3)30-24-21-18-15-12-7-2;1-4-7-10-13-15-21-26-31-37-33(35)29-24-19-16-20-25-30-34(36)38-32(27-22-17-12-9-6-3)28-23-18-14-11-8-5-2;1-3-8(4-2)6-5-7-9/h22,25,38H,6-21,23-24,26-37H2,1-5H3;21,26,32H,4-20,22-25,27-31H2,1-3H3;9H,3-7H2,1-2H3/b25-22-;26-21-;. The van der Waals surface area contributed by atoms with Crippen molar-refractivity contribution >= 4 is 53.5 Å². The van der Waals surface area contributed by atoms with Crippen LogP contribution in [-0.2, 0) is 38.1 Å². The number of hydrogen-bond donors (Lipinski definition) is 1. The molecule has 0 saturated heterocycles.